The highest BCUT2D eigenvalue weighted by Crippen LogP contribution is 2.33. The summed E-state index contributed by atoms with van der Waals surface area (Å²) in [4.78, 5) is 5.22. The Bertz CT molecular complexity index is 455. The highest BCUT2D eigenvalue weighted by molar-refractivity contribution is 9.11. The van der Waals surface area contributed by atoms with E-state index in [1.165, 1.54) is 10.4 Å². The van der Waals surface area contributed by atoms with Gasteiger partial charge in [0.25, 0.3) is 0 Å². The average molecular weight is 297 g/mol. The molecule has 2 aromatic rings. The van der Waals surface area contributed by atoms with Crippen LogP contribution in [0.3, 0.4) is 0 Å². The summed E-state index contributed by atoms with van der Waals surface area (Å²) >= 11 is 5.15. The summed E-state index contributed by atoms with van der Waals surface area (Å²) in [6.45, 7) is 2.15. The monoisotopic (exact) mass is 296 g/mol. The maximum Gasteiger partial charge on any atom is 0.0701 e. The molecule has 0 aliphatic carbocycles. The molecule has 0 spiro atoms. The van der Waals surface area contributed by atoms with Crippen LogP contribution in [-0.4, -0.2) is 4.98 Å². The van der Waals surface area contributed by atoms with Crippen molar-refractivity contribution in [1.82, 2.24) is 4.98 Å². The van der Waals surface area contributed by atoms with Crippen molar-refractivity contribution >= 4 is 27.3 Å². The van der Waals surface area contributed by atoms with Crippen molar-refractivity contribution in [1.29, 1.82) is 0 Å². The lowest BCUT2D eigenvalue weighted by Crippen LogP contribution is -2.16. The Morgan fingerprint density at radius 2 is 1.94 bits per heavy atom. The molecule has 2 atom stereocenters. The zero-order valence-corrected chi connectivity index (χ0v) is 11.3. The van der Waals surface area contributed by atoms with Crippen molar-refractivity contribution in [2.45, 2.75) is 18.9 Å². The van der Waals surface area contributed by atoms with Crippen LogP contribution in [0.25, 0.3) is 0 Å². The van der Waals surface area contributed by atoms with Crippen molar-refractivity contribution in [2.75, 3.05) is 0 Å². The minimum atomic E-state index is 0.0405. The number of thiophene rings is 1. The fourth-order valence-corrected chi connectivity index (χ4v) is 3.16. The third-order valence-corrected chi connectivity index (χ3v) is 4.42. The average Bonchev–Trinajstić information content (AvgIpc) is 2.75. The molecule has 2 unspecified atom stereocenters. The van der Waals surface area contributed by atoms with E-state index in [1.807, 2.05) is 30.6 Å². The zero-order chi connectivity index (χ0) is 11.5. The Kier molecular flexibility index (Phi) is 3.74. The molecule has 16 heavy (non-hydrogen) atoms. The van der Waals surface area contributed by atoms with E-state index in [2.05, 4.69) is 33.9 Å². The molecule has 0 radical (unpaired) electrons. The van der Waals surface area contributed by atoms with Crippen molar-refractivity contribution < 1.29 is 0 Å². The minimum Gasteiger partial charge on any atom is -0.323 e. The van der Waals surface area contributed by atoms with Crippen LogP contribution < -0.4 is 5.73 Å². The lowest BCUT2D eigenvalue weighted by atomic mass is 9.94. The molecule has 0 aliphatic heterocycles. The maximum atomic E-state index is 6.25. The molecule has 0 saturated carbocycles. The first kappa shape index (κ1) is 11.8. The van der Waals surface area contributed by atoms with Gasteiger partial charge in [0.15, 0.2) is 0 Å². The number of nitrogens with zero attached hydrogens (tertiary/aromatic N) is 1. The van der Waals surface area contributed by atoms with Crippen LogP contribution in [0, 0.1) is 0 Å². The van der Waals surface area contributed by atoms with Crippen LogP contribution in [0.4, 0.5) is 0 Å². The lowest BCUT2D eigenvalue weighted by Gasteiger charge is -2.18. The standard InChI is InChI=1S/C12H13BrN2S/c1-8(9-4-6-15-7-5-9)12(14)10-2-3-11(13)16-10/h2-8,12H,14H2,1H3. The second-order valence-electron chi connectivity index (χ2n) is 3.74. The van der Waals surface area contributed by atoms with Crippen molar-refractivity contribution in [3.63, 3.8) is 0 Å². The second kappa shape index (κ2) is 5.08. The molecule has 0 aromatic carbocycles. The zero-order valence-electron chi connectivity index (χ0n) is 8.93. The first-order chi connectivity index (χ1) is 7.68. The van der Waals surface area contributed by atoms with E-state index in [0.29, 0.717) is 5.92 Å². The summed E-state index contributed by atoms with van der Waals surface area (Å²) < 4.78 is 1.12. The Labute approximate surface area is 108 Å². The number of halogens is 1. The first-order valence-electron chi connectivity index (χ1n) is 5.09. The van der Waals surface area contributed by atoms with E-state index in [9.17, 15) is 0 Å². The Morgan fingerprint density at radius 1 is 1.25 bits per heavy atom. The number of pyridine rings is 1. The van der Waals surface area contributed by atoms with Crippen LogP contribution in [0.5, 0.6) is 0 Å². The van der Waals surface area contributed by atoms with E-state index in [-0.39, 0.29) is 6.04 Å². The SMILES string of the molecule is CC(c1ccncc1)C(N)c1ccc(Br)s1. The summed E-state index contributed by atoms with van der Waals surface area (Å²) in [5.74, 6) is 0.300. The smallest absolute Gasteiger partial charge is 0.0701 e. The molecule has 2 aromatic heterocycles. The Morgan fingerprint density at radius 3 is 2.50 bits per heavy atom. The molecule has 2 N–H and O–H groups in total. The normalized spacial score (nSPS) is 14.7. The van der Waals surface area contributed by atoms with Crippen LogP contribution >= 0.6 is 27.3 Å². The van der Waals surface area contributed by atoms with Crippen LogP contribution in [0.2, 0.25) is 0 Å². The largest absolute Gasteiger partial charge is 0.323 e. The molecule has 2 heterocycles. The van der Waals surface area contributed by atoms with Crippen LogP contribution in [0.1, 0.15) is 29.3 Å². The molecule has 2 nitrogen and oxygen atoms in total. The number of hydrogen-bond acceptors (Lipinski definition) is 3. The Balaban J connectivity index is 2.19. The summed E-state index contributed by atoms with van der Waals surface area (Å²) in [5, 5.41) is 0. The number of hydrogen-bond donors (Lipinski definition) is 1. The van der Waals surface area contributed by atoms with Gasteiger partial charge in [-0.1, -0.05) is 6.92 Å². The van der Waals surface area contributed by atoms with Crippen molar-refractivity contribution in [3.05, 3.63) is 50.9 Å². The molecular weight excluding hydrogens is 284 g/mol. The van der Waals surface area contributed by atoms with Gasteiger partial charge < -0.3 is 5.73 Å². The predicted molar refractivity (Wildman–Crippen MR) is 71.6 cm³/mol. The third-order valence-electron chi connectivity index (χ3n) is 2.69. The molecule has 4 heteroatoms. The van der Waals surface area contributed by atoms with E-state index in [1.54, 1.807) is 11.3 Å². The number of aromatic nitrogens is 1. The van der Waals surface area contributed by atoms with Crippen molar-refractivity contribution in [3.8, 4) is 0 Å². The summed E-state index contributed by atoms with van der Waals surface area (Å²) in [6, 6.07) is 8.20. The van der Waals surface area contributed by atoms with Gasteiger partial charge in [-0.15, -0.1) is 11.3 Å². The van der Waals surface area contributed by atoms with E-state index >= 15 is 0 Å². The van der Waals surface area contributed by atoms with Gasteiger partial charge in [-0.25, -0.2) is 0 Å². The number of nitrogens with two attached hydrogens (primary N) is 1. The van der Waals surface area contributed by atoms with Gasteiger partial charge in [0.2, 0.25) is 0 Å². The molecule has 2 rings (SSSR count). The van der Waals surface area contributed by atoms with Gasteiger partial charge in [0.05, 0.1) is 3.79 Å². The number of rotatable bonds is 3. The summed E-state index contributed by atoms with van der Waals surface area (Å²) in [5.41, 5.74) is 7.48. The highest BCUT2D eigenvalue weighted by Gasteiger charge is 2.18. The van der Waals surface area contributed by atoms with Gasteiger partial charge in [0, 0.05) is 29.2 Å². The summed E-state index contributed by atoms with van der Waals surface area (Å²) in [7, 11) is 0. The molecule has 0 fully saturated rings. The highest BCUT2D eigenvalue weighted by atomic mass is 79.9. The van der Waals surface area contributed by atoms with Gasteiger partial charge in [-0.2, -0.15) is 0 Å². The van der Waals surface area contributed by atoms with Gasteiger partial charge in [-0.3, -0.25) is 4.98 Å². The Hall–Kier alpha value is -0.710. The lowest BCUT2D eigenvalue weighted by molar-refractivity contribution is 0.607. The van der Waals surface area contributed by atoms with E-state index in [4.69, 9.17) is 5.73 Å². The van der Waals surface area contributed by atoms with Gasteiger partial charge >= 0.3 is 0 Å². The fraction of sp³-hybridized carbons (Fsp3) is 0.250. The minimum absolute atomic E-state index is 0.0405. The molecule has 0 aliphatic rings. The third kappa shape index (κ3) is 2.51. The molecule has 0 saturated heterocycles. The quantitative estimate of drug-likeness (QED) is 0.938. The second-order valence-corrected chi connectivity index (χ2v) is 6.23. The van der Waals surface area contributed by atoms with Crippen LogP contribution in [0.15, 0.2) is 40.4 Å². The molecular formula is C12H13BrN2S. The van der Waals surface area contributed by atoms with E-state index in [0.717, 1.165) is 3.79 Å². The molecule has 0 amide bonds. The maximum absolute atomic E-state index is 6.25. The fourth-order valence-electron chi connectivity index (χ4n) is 1.63. The van der Waals surface area contributed by atoms with E-state index < -0.39 is 0 Å². The predicted octanol–water partition coefficient (Wildman–Crippen LogP) is 3.71. The van der Waals surface area contributed by atoms with Gasteiger partial charge in [-0.05, 0) is 45.8 Å². The first-order valence-corrected chi connectivity index (χ1v) is 6.70. The summed E-state index contributed by atoms with van der Waals surface area (Å²) in [6.07, 6.45) is 3.62. The molecule has 84 valence electrons. The van der Waals surface area contributed by atoms with Crippen LogP contribution in [-0.2, 0) is 0 Å². The topological polar surface area (TPSA) is 38.9 Å². The molecule has 0 bridgehead atoms. The van der Waals surface area contributed by atoms with Crippen molar-refractivity contribution in [2.24, 2.45) is 5.73 Å². The van der Waals surface area contributed by atoms with Gasteiger partial charge in [0.1, 0.15) is 0 Å².